The first-order valence-electron chi connectivity index (χ1n) is 9.20. The zero-order chi connectivity index (χ0) is 19.8. The van der Waals surface area contributed by atoms with Gasteiger partial charge < -0.3 is 9.80 Å². The van der Waals surface area contributed by atoms with Gasteiger partial charge in [0.2, 0.25) is 5.78 Å². The molecule has 0 fully saturated rings. The molecule has 0 aliphatic carbocycles. The van der Waals surface area contributed by atoms with E-state index in [9.17, 15) is 0 Å². The van der Waals surface area contributed by atoms with E-state index in [1.54, 1.807) is 6.20 Å². The third-order valence-corrected chi connectivity index (χ3v) is 5.39. The number of benzene rings is 2. The second kappa shape index (κ2) is 7.43. The number of halogens is 2. The van der Waals surface area contributed by atoms with Gasteiger partial charge in [-0.1, -0.05) is 41.4 Å². The second-order valence-electron chi connectivity index (χ2n) is 6.84. The Morgan fingerprint density at radius 3 is 2.62 bits per heavy atom. The lowest BCUT2D eigenvalue weighted by atomic mass is 10.1. The number of aromatic nitrogens is 3. The number of hydrogen-bond donors (Lipinski definition) is 0. The quantitative estimate of drug-likeness (QED) is 0.438. The second-order valence-corrected chi connectivity index (χ2v) is 7.71. The molecule has 1 aliphatic rings. The molecule has 0 saturated carbocycles. The molecule has 0 unspecified atom stereocenters. The van der Waals surface area contributed by atoms with Crippen molar-refractivity contribution < 1.29 is 0 Å². The van der Waals surface area contributed by atoms with Crippen molar-refractivity contribution in [1.29, 1.82) is 0 Å². The highest BCUT2D eigenvalue weighted by Crippen LogP contribution is 2.28. The summed E-state index contributed by atoms with van der Waals surface area (Å²) in [6, 6.07) is 17.5. The summed E-state index contributed by atoms with van der Waals surface area (Å²) in [5.41, 5.74) is 4.07. The molecule has 144 valence electrons. The van der Waals surface area contributed by atoms with Crippen LogP contribution in [0.2, 0.25) is 10.0 Å². The first-order valence-corrected chi connectivity index (χ1v) is 9.95. The van der Waals surface area contributed by atoms with Crippen molar-refractivity contribution in [2.24, 2.45) is 0 Å². The molecule has 3 heterocycles. The molecule has 1 aliphatic heterocycles. The largest absolute Gasteiger partial charge is 0.352 e. The highest BCUT2D eigenvalue weighted by atomic mass is 35.5. The van der Waals surface area contributed by atoms with E-state index < -0.39 is 0 Å². The Hall–Kier alpha value is -3.02. The number of anilines is 1. The van der Waals surface area contributed by atoms with Crippen molar-refractivity contribution in [1.82, 2.24) is 19.3 Å². The van der Waals surface area contributed by atoms with Crippen molar-refractivity contribution in [3.63, 3.8) is 0 Å². The molecule has 7 heteroatoms. The number of nitrogens with zero attached hydrogens (tertiary/aromatic N) is 5. The molecule has 2 aromatic carbocycles. The van der Waals surface area contributed by atoms with Crippen molar-refractivity contribution >= 4 is 34.7 Å². The molecule has 0 atom stereocenters. The fraction of sp³-hybridized carbons (Fsp3) is 0.0909. The maximum atomic E-state index is 6.15. The third kappa shape index (κ3) is 3.55. The van der Waals surface area contributed by atoms with E-state index in [2.05, 4.69) is 33.3 Å². The Kier molecular flexibility index (Phi) is 4.62. The van der Waals surface area contributed by atoms with Crippen LogP contribution in [0, 0.1) is 0 Å². The van der Waals surface area contributed by atoms with Crippen LogP contribution in [0.25, 0.3) is 17.0 Å². The molecule has 4 aromatic rings. The van der Waals surface area contributed by atoms with Crippen LogP contribution in [0.4, 0.5) is 5.69 Å². The van der Waals surface area contributed by atoms with Gasteiger partial charge in [-0.05, 0) is 36.4 Å². The highest BCUT2D eigenvalue weighted by molar-refractivity contribution is 6.31. The summed E-state index contributed by atoms with van der Waals surface area (Å²) in [7, 11) is 0. The lowest BCUT2D eigenvalue weighted by Crippen LogP contribution is -2.25. The molecular formula is C22H17Cl2N5. The molecule has 0 radical (unpaired) electrons. The summed E-state index contributed by atoms with van der Waals surface area (Å²) in [6.45, 7) is 1.42. The van der Waals surface area contributed by atoms with E-state index in [1.165, 1.54) is 0 Å². The minimum atomic E-state index is 0.683. The van der Waals surface area contributed by atoms with Gasteiger partial charge in [-0.2, -0.15) is 0 Å². The van der Waals surface area contributed by atoms with E-state index in [1.807, 2.05) is 59.1 Å². The lowest BCUT2D eigenvalue weighted by molar-refractivity contribution is 0.394. The van der Waals surface area contributed by atoms with Crippen LogP contribution in [0.1, 0.15) is 5.69 Å². The number of imidazole rings is 1. The summed E-state index contributed by atoms with van der Waals surface area (Å²) in [5, 5.41) is 1.43. The van der Waals surface area contributed by atoms with Crippen LogP contribution in [0.15, 0.2) is 79.4 Å². The van der Waals surface area contributed by atoms with E-state index in [0.717, 1.165) is 34.3 Å². The zero-order valence-electron chi connectivity index (χ0n) is 15.4. The van der Waals surface area contributed by atoms with Crippen LogP contribution >= 0.6 is 23.2 Å². The standard InChI is InChI=1S/C22H17Cl2N5/c23-17-7-5-16(6-8-17)21-20(29-10-2-9-25-22(29)26-21)14-27-11-12-28(15-27)19-4-1-3-18(24)13-19/h1-13H,14-15H2. The summed E-state index contributed by atoms with van der Waals surface area (Å²) < 4.78 is 2.04. The van der Waals surface area contributed by atoms with Gasteiger partial charge >= 0.3 is 0 Å². The number of rotatable bonds is 4. The fourth-order valence-corrected chi connectivity index (χ4v) is 3.82. The lowest BCUT2D eigenvalue weighted by Gasteiger charge is -2.22. The Morgan fingerprint density at radius 1 is 0.931 bits per heavy atom. The maximum absolute atomic E-state index is 6.15. The topological polar surface area (TPSA) is 36.7 Å². The molecule has 5 rings (SSSR count). The third-order valence-electron chi connectivity index (χ3n) is 4.90. The van der Waals surface area contributed by atoms with Gasteiger partial charge in [-0.15, -0.1) is 0 Å². The molecular weight excluding hydrogens is 405 g/mol. The van der Waals surface area contributed by atoms with E-state index >= 15 is 0 Å². The minimum Gasteiger partial charge on any atom is -0.352 e. The van der Waals surface area contributed by atoms with Crippen LogP contribution in [0.3, 0.4) is 0 Å². The molecule has 5 nitrogen and oxygen atoms in total. The normalized spacial score (nSPS) is 13.6. The SMILES string of the molecule is Clc1ccc(-c2nc3ncccn3c2CN2C=CN(c3cccc(Cl)c3)C2)cc1. The Balaban J connectivity index is 1.47. The maximum Gasteiger partial charge on any atom is 0.234 e. The fourth-order valence-electron chi connectivity index (χ4n) is 3.51. The molecule has 2 aromatic heterocycles. The van der Waals surface area contributed by atoms with Crippen molar-refractivity contribution in [3.8, 4) is 11.3 Å². The molecule has 0 saturated heterocycles. The average molecular weight is 422 g/mol. The summed E-state index contributed by atoms with van der Waals surface area (Å²) in [6.07, 6.45) is 7.91. The van der Waals surface area contributed by atoms with Crippen LogP contribution in [0.5, 0.6) is 0 Å². The molecule has 29 heavy (non-hydrogen) atoms. The van der Waals surface area contributed by atoms with Gasteiger partial charge in [0.1, 0.15) is 0 Å². The minimum absolute atomic E-state index is 0.683. The zero-order valence-corrected chi connectivity index (χ0v) is 16.9. The van der Waals surface area contributed by atoms with Crippen LogP contribution in [-0.2, 0) is 6.54 Å². The summed E-state index contributed by atoms with van der Waals surface area (Å²) >= 11 is 12.2. The van der Waals surface area contributed by atoms with Crippen molar-refractivity contribution in [3.05, 3.63) is 95.1 Å². The summed E-state index contributed by atoms with van der Waals surface area (Å²) in [5.74, 6) is 0.683. The molecule has 0 N–H and O–H groups in total. The van der Waals surface area contributed by atoms with Gasteiger partial charge in [0.25, 0.3) is 0 Å². The highest BCUT2D eigenvalue weighted by Gasteiger charge is 2.20. The Morgan fingerprint density at radius 2 is 1.79 bits per heavy atom. The van der Waals surface area contributed by atoms with Gasteiger partial charge in [-0.3, -0.25) is 4.40 Å². The monoisotopic (exact) mass is 421 g/mol. The van der Waals surface area contributed by atoms with Gasteiger partial charge in [0.05, 0.1) is 24.6 Å². The van der Waals surface area contributed by atoms with Crippen molar-refractivity contribution in [2.75, 3.05) is 11.6 Å². The average Bonchev–Trinajstić information content (AvgIpc) is 3.34. The van der Waals surface area contributed by atoms with Gasteiger partial charge in [-0.25, -0.2) is 9.97 Å². The molecule has 0 bridgehead atoms. The predicted molar refractivity (Wildman–Crippen MR) is 117 cm³/mol. The Bertz CT molecular complexity index is 1200. The smallest absolute Gasteiger partial charge is 0.234 e. The number of fused-ring (bicyclic) bond motifs is 1. The van der Waals surface area contributed by atoms with Crippen LogP contribution in [-0.4, -0.2) is 25.9 Å². The van der Waals surface area contributed by atoms with Gasteiger partial charge in [0.15, 0.2) is 0 Å². The molecule has 0 amide bonds. The van der Waals surface area contributed by atoms with Crippen LogP contribution < -0.4 is 4.90 Å². The predicted octanol–water partition coefficient (Wildman–Crippen LogP) is 5.45. The number of hydrogen-bond acceptors (Lipinski definition) is 4. The summed E-state index contributed by atoms with van der Waals surface area (Å²) in [4.78, 5) is 13.6. The van der Waals surface area contributed by atoms with E-state index in [4.69, 9.17) is 28.2 Å². The Labute approximate surface area is 178 Å². The first kappa shape index (κ1) is 18.0. The van der Waals surface area contributed by atoms with Gasteiger partial charge in [0, 0.05) is 46.1 Å². The van der Waals surface area contributed by atoms with E-state index in [-0.39, 0.29) is 0 Å². The van der Waals surface area contributed by atoms with E-state index in [0.29, 0.717) is 17.3 Å². The van der Waals surface area contributed by atoms with Crippen molar-refractivity contribution in [2.45, 2.75) is 6.54 Å². The first-order chi connectivity index (χ1) is 14.2. The molecule has 0 spiro atoms.